The predicted octanol–water partition coefficient (Wildman–Crippen LogP) is 1.42. The number of carbonyl (C=O) groups excluding carboxylic acids is 1. The molecule has 1 amide bonds. The van der Waals surface area contributed by atoms with Crippen LogP contribution in [0.25, 0.3) is 16.8 Å². The molecule has 0 aliphatic heterocycles. The molecule has 0 aliphatic carbocycles. The predicted molar refractivity (Wildman–Crippen MR) is 87.4 cm³/mol. The van der Waals surface area contributed by atoms with E-state index in [9.17, 15) is 9.59 Å². The fourth-order valence-electron chi connectivity index (χ4n) is 2.26. The summed E-state index contributed by atoms with van der Waals surface area (Å²) in [6.45, 7) is 0. The van der Waals surface area contributed by atoms with Gasteiger partial charge in [-0.05, 0) is 12.1 Å². The van der Waals surface area contributed by atoms with Crippen molar-refractivity contribution in [3.63, 3.8) is 0 Å². The van der Waals surface area contributed by atoms with E-state index in [0.29, 0.717) is 16.8 Å². The van der Waals surface area contributed by atoms with E-state index in [1.807, 2.05) is 0 Å². The highest BCUT2D eigenvalue weighted by Crippen LogP contribution is 2.13. The third-order valence-electron chi connectivity index (χ3n) is 3.41. The van der Waals surface area contributed by atoms with Gasteiger partial charge in [-0.3, -0.25) is 9.59 Å². The van der Waals surface area contributed by atoms with Crippen LogP contribution in [0.1, 0.15) is 10.6 Å². The van der Waals surface area contributed by atoms with Gasteiger partial charge in [0.2, 0.25) is 0 Å². The van der Waals surface area contributed by atoms with Crippen LogP contribution in [0.3, 0.4) is 0 Å². The maximum atomic E-state index is 12.4. The number of carbonyl (C=O) groups is 1. The first-order valence-corrected chi connectivity index (χ1v) is 7.22. The molecule has 25 heavy (non-hydrogen) atoms. The molecule has 122 valence electrons. The van der Waals surface area contributed by atoms with Crippen LogP contribution in [-0.4, -0.2) is 30.6 Å². The highest BCUT2D eigenvalue weighted by atomic mass is 16.3. The van der Waals surface area contributed by atoms with Gasteiger partial charge in [0.05, 0.1) is 5.39 Å². The molecule has 0 bridgehead atoms. The van der Waals surface area contributed by atoms with Crippen LogP contribution in [0.15, 0.2) is 64.6 Å². The molecule has 0 spiro atoms. The quantitative estimate of drug-likeness (QED) is 0.602. The zero-order valence-corrected chi connectivity index (χ0v) is 12.7. The van der Waals surface area contributed by atoms with Gasteiger partial charge in [-0.25, -0.2) is 19.6 Å². The molecule has 0 radical (unpaired) electrons. The van der Waals surface area contributed by atoms with Crippen molar-refractivity contribution in [3.05, 3.63) is 71.4 Å². The van der Waals surface area contributed by atoms with Crippen molar-refractivity contribution in [1.82, 2.24) is 24.7 Å². The van der Waals surface area contributed by atoms with Crippen LogP contribution in [0.2, 0.25) is 0 Å². The standard InChI is InChI=1S/C16H10N6O3/c23-11-5-13(25-12-4-2-1-3-10(11)12)16(24)21-14-6-15(19-8-18-14)22-9-17-7-20-22/h1-9H,(H,18,19,21,24). The Balaban J connectivity index is 1.64. The molecular weight excluding hydrogens is 324 g/mol. The summed E-state index contributed by atoms with van der Waals surface area (Å²) in [6, 6.07) is 9.38. The molecule has 0 unspecified atom stereocenters. The number of nitrogens with zero attached hydrogens (tertiary/aromatic N) is 5. The molecule has 0 saturated heterocycles. The second-order valence-electron chi connectivity index (χ2n) is 5.03. The normalized spacial score (nSPS) is 10.7. The van der Waals surface area contributed by atoms with Crippen molar-refractivity contribution in [2.45, 2.75) is 0 Å². The van der Waals surface area contributed by atoms with Crippen molar-refractivity contribution in [1.29, 1.82) is 0 Å². The van der Waals surface area contributed by atoms with Crippen molar-refractivity contribution in [2.24, 2.45) is 0 Å². The molecule has 9 nitrogen and oxygen atoms in total. The van der Waals surface area contributed by atoms with Crippen LogP contribution in [0.4, 0.5) is 5.82 Å². The van der Waals surface area contributed by atoms with E-state index in [4.69, 9.17) is 4.42 Å². The molecule has 3 heterocycles. The van der Waals surface area contributed by atoms with Crippen LogP contribution < -0.4 is 10.7 Å². The third kappa shape index (κ3) is 2.85. The topological polar surface area (TPSA) is 116 Å². The third-order valence-corrected chi connectivity index (χ3v) is 3.41. The Morgan fingerprint density at radius 2 is 2.00 bits per heavy atom. The molecule has 4 aromatic rings. The first kappa shape index (κ1) is 14.7. The number of benzene rings is 1. The number of amides is 1. The monoisotopic (exact) mass is 334 g/mol. The minimum absolute atomic E-state index is 0.107. The van der Waals surface area contributed by atoms with Gasteiger partial charge in [-0.15, -0.1) is 0 Å². The number of rotatable bonds is 3. The first-order chi connectivity index (χ1) is 12.2. The summed E-state index contributed by atoms with van der Waals surface area (Å²) in [5.74, 6) is -0.0280. The van der Waals surface area contributed by atoms with Crippen molar-refractivity contribution in [2.75, 3.05) is 5.32 Å². The maximum absolute atomic E-state index is 12.4. The zero-order chi connectivity index (χ0) is 17.2. The number of para-hydroxylation sites is 1. The summed E-state index contributed by atoms with van der Waals surface area (Å²) in [6.07, 6.45) is 4.11. The summed E-state index contributed by atoms with van der Waals surface area (Å²) < 4.78 is 6.92. The first-order valence-electron chi connectivity index (χ1n) is 7.22. The van der Waals surface area contributed by atoms with Crippen molar-refractivity contribution >= 4 is 22.7 Å². The Kier molecular flexibility index (Phi) is 3.51. The highest BCUT2D eigenvalue weighted by Gasteiger charge is 2.13. The molecule has 3 aromatic heterocycles. The van der Waals surface area contributed by atoms with E-state index < -0.39 is 5.91 Å². The summed E-state index contributed by atoms with van der Waals surface area (Å²) in [5, 5.41) is 6.93. The molecule has 0 fully saturated rings. The smallest absolute Gasteiger partial charge is 0.292 e. The average molecular weight is 334 g/mol. The van der Waals surface area contributed by atoms with Gasteiger partial charge >= 0.3 is 0 Å². The van der Waals surface area contributed by atoms with Crippen LogP contribution in [0.5, 0.6) is 0 Å². The Labute approximate surface area is 140 Å². The van der Waals surface area contributed by atoms with E-state index in [-0.39, 0.29) is 17.0 Å². The van der Waals surface area contributed by atoms with Crippen molar-refractivity contribution in [3.8, 4) is 5.82 Å². The molecule has 1 aromatic carbocycles. The molecule has 9 heteroatoms. The average Bonchev–Trinajstić information content (AvgIpc) is 3.17. The van der Waals surface area contributed by atoms with Gasteiger partial charge in [-0.2, -0.15) is 5.10 Å². The van der Waals surface area contributed by atoms with Crippen LogP contribution >= 0.6 is 0 Å². The minimum Gasteiger partial charge on any atom is -0.451 e. The lowest BCUT2D eigenvalue weighted by Crippen LogP contribution is -2.16. The molecule has 0 saturated carbocycles. The van der Waals surface area contributed by atoms with Gasteiger partial charge < -0.3 is 9.73 Å². The Morgan fingerprint density at radius 1 is 1.12 bits per heavy atom. The second kappa shape index (κ2) is 5.96. The van der Waals surface area contributed by atoms with Gasteiger partial charge in [0.1, 0.15) is 30.4 Å². The summed E-state index contributed by atoms with van der Waals surface area (Å²) >= 11 is 0. The number of fused-ring (bicyclic) bond motifs is 1. The van der Waals surface area contributed by atoms with E-state index in [1.165, 1.54) is 29.7 Å². The molecule has 0 atom stereocenters. The van der Waals surface area contributed by atoms with Crippen molar-refractivity contribution < 1.29 is 9.21 Å². The number of aromatic nitrogens is 5. The highest BCUT2D eigenvalue weighted by molar-refractivity contribution is 6.02. The van der Waals surface area contributed by atoms with Gasteiger partial charge in [0, 0.05) is 12.1 Å². The molecular formula is C16H10N6O3. The van der Waals surface area contributed by atoms with Gasteiger partial charge in [0.15, 0.2) is 17.0 Å². The van der Waals surface area contributed by atoms with E-state index in [2.05, 4.69) is 25.4 Å². The fourth-order valence-corrected chi connectivity index (χ4v) is 2.26. The van der Waals surface area contributed by atoms with Gasteiger partial charge in [0.25, 0.3) is 5.91 Å². The molecule has 0 aliphatic rings. The van der Waals surface area contributed by atoms with E-state index >= 15 is 0 Å². The second-order valence-corrected chi connectivity index (χ2v) is 5.03. The number of hydrogen-bond donors (Lipinski definition) is 1. The Bertz CT molecular complexity index is 1120. The lowest BCUT2D eigenvalue weighted by molar-refractivity contribution is 0.0997. The minimum atomic E-state index is -0.592. The summed E-state index contributed by atoms with van der Waals surface area (Å²) in [4.78, 5) is 36.3. The number of nitrogens with one attached hydrogen (secondary N) is 1. The number of anilines is 1. The largest absolute Gasteiger partial charge is 0.451 e. The van der Waals surface area contributed by atoms with Crippen LogP contribution in [0, 0.1) is 0 Å². The number of hydrogen-bond acceptors (Lipinski definition) is 7. The molecule has 4 rings (SSSR count). The van der Waals surface area contributed by atoms with E-state index in [1.54, 1.807) is 24.3 Å². The SMILES string of the molecule is O=C(Nc1cc(-n2cncn2)ncn1)c1cc(=O)c2ccccc2o1. The lowest BCUT2D eigenvalue weighted by Gasteiger charge is -2.06. The molecule has 1 N–H and O–H groups in total. The summed E-state index contributed by atoms with van der Waals surface area (Å²) in [5.41, 5.74) is 0.0455. The Hall–Kier alpha value is -3.88. The fraction of sp³-hybridized carbons (Fsp3) is 0. The lowest BCUT2D eigenvalue weighted by atomic mass is 10.2. The maximum Gasteiger partial charge on any atom is 0.292 e. The van der Waals surface area contributed by atoms with Gasteiger partial charge in [-0.1, -0.05) is 12.1 Å². The van der Waals surface area contributed by atoms with Crippen LogP contribution in [-0.2, 0) is 0 Å². The van der Waals surface area contributed by atoms with E-state index in [0.717, 1.165) is 6.07 Å². The summed E-state index contributed by atoms with van der Waals surface area (Å²) in [7, 11) is 0. The Morgan fingerprint density at radius 3 is 2.84 bits per heavy atom. The zero-order valence-electron chi connectivity index (χ0n) is 12.7.